The molecule has 0 fully saturated rings. The predicted octanol–water partition coefficient (Wildman–Crippen LogP) is 7.12. The SMILES string of the molecule is CC(c1ccc(C(=O)c2ccccc2)cc1)c1nc2ccccc2n1Cc1ccccc1Cl. The van der Waals surface area contributed by atoms with Crippen molar-refractivity contribution in [2.75, 3.05) is 0 Å². The molecule has 1 heterocycles. The van der Waals surface area contributed by atoms with Crippen molar-refractivity contribution in [3.8, 4) is 0 Å². The number of fused-ring (bicyclic) bond motifs is 1. The Morgan fingerprint density at radius 3 is 2.21 bits per heavy atom. The molecule has 0 spiro atoms. The lowest BCUT2D eigenvalue weighted by molar-refractivity contribution is 0.103. The maximum atomic E-state index is 12.8. The lowest BCUT2D eigenvalue weighted by Crippen LogP contribution is -2.10. The lowest BCUT2D eigenvalue weighted by Gasteiger charge is -2.16. The van der Waals surface area contributed by atoms with E-state index in [9.17, 15) is 4.79 Å². The fourth-order valence-corrected chi connectivity index (χ4v) is 4.41. The van der Waals surface area contributed by atoms with Gasteiger partial charge in [0.05, 0.1) is 17.6 Å². The maximum absolute atomic E-state index is 12.8. The predicted molar refractivity (Wildman–Crippen MR) is 134 cm³/mol. The van der Waals surface area contributed by atoms with E-state index < -0.39 is 0 Å². The molecule has 1 atom stereocenters. The maximum Gasteiger partial charge on any atom is 0.193 e. The Balaban J connectivity index is 1.50. The second kappa shape index (κ2) is 9.05. The van der Waals surface area contributed by atoms with Crippen molar-refractivity contribution in [2.24, 2.45) is 0 Å². The van der Waals surface area contributed by atoms with Gasteiger partial charge in [-0.1, -0.05) is 103 Å². The highest BCUT2D eigenvalue weighted by Gasteiger charge is 2.19. The minimum absolute atomic E-state index is 0.0285. The number of aromatic nitrogens is 2. The highest BCUT2D eigenvalue weighted by Crippen LogP contribution is 2.29. The van der Waals surface area contributed by atoms with Gasteiger partial charge in [-0.2, -0.15) is 0 Å². The molecule has 1 unspecified atom stereocenters. The second-order valence-corrected chi connectivity index (χ2v) is 8.58. The number of hydrogen-bond donors (Lipinski definition) is 0. The van der Waals surface area contributed by atoms with Crippen LogP contribution in [0.5, 0.6) is 0 Å². The molecule has 5 rings (SSSR count). The van der Waals surface area contributed by atoms with Gasteiger partial charge in [0, 0.05) is 22.1 Å². The van der Waals surface area contributed by atoms with Gasteiger partial charge in [-0.15, -0.1) is 0 Å². The van der Waals surface area contributed by atoms with Gasteiger partial charge in [-0.25, -0.2) is 4.98 Å². The minimum Gasteiger partial charge on any atom is -0.323 e. The molecule has 0 aliphatic rings. The molecule has 0 aliphatic carbocycles. The van der Waals surface area contributed by atoms with Gasteiger partial charge in [0.2, 0.25) is 0 Å². The largest absolute Gasteiger partial charge is 0.323 e. The number of para-hydroxylation sites is 2. The third-order valence-electron chi connectivity index (χ3n) is 6.07. The molecule has 0 bridgehead atoms. The van der Waals surface area contributed by atoms with Crippen molar-refractivity contribution in [1.29, 1.82) is 0 Å². The van der Waals surface area contributed by atoms with Gasteiger partial charge in [0.25, 0.3) is 0 Å². The highest BCUT2D eigenvalue weighted by atomic mass is 35.5. The molecule has 0 amide bonds. The molecule has 4 heteroatoms. The molecule has 33 heavy (non-hydrogen) atoms. The summed E-state index contributed by atoms with van der Waals surface area (Å²) in [6.45, 7) is 2.79. The summed E-state index contributed by atoms with van der Waals surface area (Å²) in [6.07, 6.45) is 0. The standard InChI is InChI=1S/C29H23ClN2O/c1-20(21-15-17-23(18-16-21)28(33)22-9-3-2-4-10-22)29-31-26-13-7-8-14-27(26)32(29)19-24-11-5-6-12-25(24)30/h2-18,20H,19H2,1H3. The number of hydrogen-bond acceptors (Lipinski definition) is 2. The van der Waals surface area contributed by atoms with E-state index in [0.717, 1.165) is 33.0 Å². The fraction of sp³-hybridized carbons (Fsp3) is 0.103. The number of nitrogens with zero attached hydrogens (tertiary/aromatic N) is 2. The average Bonchev–Trinajstić information content (AvgIpc) is 3.23. The topological polar surface area (TPSA) is 34.9 Å². The van der Waals surface area contributed by atoms with E-state index in [1.165, 1.54) is 0 Å². The Labute approximate surface area is 198 Å². The number of halogens is 1. The first-order valence-electron chi connectivity index (χ1n) is 11.0. The first-order chi connectivity index (χ1) is 16.1. The summed E-state index contributed by atoms with van der Waals surface area (Å²) in [5.74, 6) is 1.04. The van der Waals surface area contributed by atoms with Crippen molar-refractivity contribution in [2.45, 2.75) is 19.4 Å². The van der Waals surface area contributed by atoms with Crippen molar-refractivity contribution in [1.82, 2.24) is 9.55 Å². The molecule has 5 aromatic rings. The fourth-order valence-electron chi connectivity index (χ4n) is 4.22. The number of carbonyl (C=O) groups excluding carboxylic acids is 1. The Bertz CT molecular complexity index is 1420. The summed E-state index contributed by atoms with van der Waals surface area (Å²) in [5.41, 5.74) is 5.58. The van der Waals surface area contributed by atoms with Gasteiger partial charge >= 0.3 is 0 Å². The van der Waals surface area contributed by atoms with Crippen LogP contribution in [0.4, 0.5) is 0 Å². The molecular weight excluding hydrogens is 428 g/mol. The Morgan fingerprint density at radius 1 is 0.818 bits per heavy atom. The van der Waals surface area contributed by atoms with Crippen LogP contribution < -0.4 is 0 Å². The van der Waals surface area contributed by atoms with E-state index >= 15 is 0 Å². The van der Waals surface area contributed by atoms with Crippen LogP contribution in [0.3, 0.4) is 0 Å². The second-order valence-electron chi connectivity index (χ2n) is 8.18. The highest BCUT2D eigenvalue weighted by molar-refractivity contribution is 6.31. The quantitative estimate of drug-likeness (QED) is 0.258. The molecule has 4 aromatic carbocycles. The first-order valence-corrected chi connectivity index (χ1v) is 11.4. The number of ketones is 1. The summed E-state index contributed by atoms with van der Waals surface area (Å²) in [4.78, 5) is 17.7. The molecule has 162 valence electrons. The van der Waals surface area contributed by atoms with Crippen LogP contribution in [0.15, 0.2) is 103 Å². The molecule has 0 saturated heterocycles. The van der Waals surface area contributed by atoms with E-state index in [2.05, 4.69) is 23.6 Å². The van der Waals surface area contributed by atoms with Crippen molar-refractivity contribution in [3.05, 3.63) is 136 Å². The Hall–Kier alpha value is -3.69. The summed E-state index contributed by atoms with van der Waals surface area (Å²) in [6, 6.07) is 33.3. The number of benzene rings is 4. The number of carbonyl (C=O) groups is 1. The van der Waals surface area contributed by atoms with Crippen LogP contribution in [0.25, 0.3) is 11.0 Å². The summed E-state index contributed by atoms with van der Waals surface area (Å²) in [5, 5.41) is 0.748. The minimum atomic E-state index is 0.0285. The van der Waals surface area contributed by atoms with Gasteiger partial charge in [-0.05, 0) is 29.3 Å². The average molecular weight is 451 g/mol. The summed E-state index contributed by atoms with van der Waals surface area (Å²) in [7, 11) is 0. The van der Waals surface area contributed by atoms with Crippen LogP contribution >= 0.6 is 11.6 Å². The van der Waals surface area contributed by atoms with E-state index in [4.69, 9.17) is 16.6 Å². The van der Waals surface area contributed by atoms with Gasteiger partial charge < -0.3 is 4.57 Å². The van der Waals surface area contributed by atoms with E-state index in [0.29, 0.717) is 17.7 Å². The third-order valence-corrected chi connectivity index (χ3v) is 6.44. The van der Waals surface area contributed by atoms with Crippen LogP contribution in [0.2, 0.25) is 5.02 Å². The molecule has 0 aliphatic heterocycles. The molecule has 0 saturated carbocycles. The van der Waals surface area contributed by atoms with Gasteiger partial charge in [-0.3, -0.25) is 4.79 Å². The molecule has 0 radical (unpaired) electrons. The van der Waals surface area contributed by atoms with Crippen LogP contribution in [-0.2, 0) is 6.54 Å². The van der Waals surface area contributed by atoms with E-state index in [1.54, 1.807) is 0 Å². The lowest BCUT2D eigenvalue weighted by atomic mass is 9.96. The zero-order valence-electron chi connectivity index (χ0n) is 18.3. The zero-order chi connectivity index (χ0) is 22.8. The summed E-state index contributed by atoms with van der Waals surface area (Å²) < 4.78 is 2.24. The number of rotatable bonds is 6. The first kappa shape index (κ1) is 21.2. The van der Waals surface area contributed by atoms with E-state index in [-0.39, 0.29) is 11.7 Å². The third kappa shape index (κ3) is 4.20. The molecular formula is C29H23ClN2O. The van der Waals surface area contributed by atoms with Crippen LogP contribution in [0.1, 0.15) is 45.7 Å². The molecule has 1 aromatic heterocycles. The van der Waals surface area contributed by atoms with Gasteiger partial charge in [0.15, 0.2) is 5.78 Å². The van der Waals surface area contributed by atoms with Crippen molar-refractivity contribution >= 4 is 28.4 Å². The molecule has 3 nitrogen and oxygen atoms in total. The number of imidazole rings is 1. The Kier molecular flexibility index (Phi) is 5.80. The van der Waals surface area contributed by atoms with Crippen LogP contribution in [0, 0.1) is 0 Å². The monoisotopic (exact) mass is 450 g/mol. The van der Waals surface area contributed by atoms with Gasteiger partial charge in [0.1, 0.15) is 5.82 Å². The van der Waals surface area contributed by atoms with E-state index in [1.807, 2.05) is 91.0 Å². The van der Waals surface area contributed by atoms with Crippen LogP contribution in [-0.4, -0.2) is 15.3 Å². The van der Waals surface area contributed by atoms with Crippen molar-refractivity contribution < 1.29 is 4.79 Å². The Morgan fingerprint density at radius 2 is 1.45 bits per heavy atom. The summed E-state index contributed by atoms with van der Waals surface area (Å²) >= 11 is 6.47. The zero-order valence-corrected chi connectivity index (χ0v) is 19.0. The normalized spacial score (nSPS) is 12.1. The van der Waals surface area contributed by atoms with Crippen molar-refractivity contribution in [3.63, 3.8) is 0 Å². The molecule has 0 N–H and O–H groups in total. The smallest absolute Gasteiger partial charge is 0.193 e.